The van der Waals surface area contributed by atoms with Gasteiger partial charge in [-0.3, -0.25) is 9.59 Å². The van der Waals surface area contributed by atoms with E-state index < -0.39 is 0 Å². The molecule has 0 aliphatic heterocycles. The first-order chi connectivity index (χ1) is 12.6. The van der Waals surface area contributed by atoms with Crippen LogP contribution in [0.2, 0.25) is 0 Å². The lowest BCUT2D eigenvalue weighted by Crippen LogP contribution is -2.23. The van der Waals surface area contributed by atoms with Gasteiger partial charge in [0.2, 0.25) is 5.91 Å². The molecule has 6 heteroatoms. The first-order valence-electron chi connectivity index (χ1n) is 8.31. The molecule has 0 aliphatic rings. The minimum absolute atomic E-state index is 0.0756. The van der Waals surface area contributed by atoms with Crippen LogP contribution in [0.15, 0.2) is 76.0 Å². The maximum atomic E-state index is 12.0. The van der Waals surface area contributed by atoms with Gasteiger partial charge in [0, 0.05) is 34.8 Å². The maximum absolute atomic E-state index is 12.0. The van der Waals surface area contributed by atoms with Crippen LogP contribution in [-0.4, -0.2) is 15.7 Å². The summed E-state index contributed by atoms with van der Waals surface area (Å²) >= 11 is 3.40. The van der Waals surface area contributed by atoms with Crippen molar-refractivity contribution >= 4 is 27.5 Å². The van der Waals surface area contributed by atoms with Crippen molar-refractivity contribution in [2.45, 2.75) is 19.4 Å². The van der Waals surface area contributed by atoms with Crippen LogP contribution in [0, 0.1) is 0 Å². The minimum atomic E-state index is -0.172. The highest BCUT2D eigenvalue weighted by molar-refractivity contribution is 9.10. The molecule has 5 nitrogen and oxygen atoms in total. The zero-order valence-electron chi connectivity index (χ0n) is 14.1. The quantitative estimate of drug-likeness (QED) is 0.663. The molecule has 0 fully saturated rings. The molecule has 2 aromatic carbocycles. The Labute approximate surface area is 159 Å². The van der Waals surface area contributed by atoms with Gasteiger partial charge in [-0.2, -0.15) is 5.10 Å². The van der Waals surface area contributed by atoms with Gasteiger partial charge < -0.3 is 5.32 Å². The van der Waals surface area contributed by atoms with Gasteiger partial charge in [0.15, 0.2) is 0 Å². The molecule has 26 heavy (non-hydrogen) atoms. The maximum Gasteiger partial charge on any atom is 0.266 e. The van der Waals surface area contributed by atoms with E-state index in [2.05, 4.69) is 26.3 Å². The Hall–Kier alpha value is -2.73. The number of amides is 1. The van der Waals surface area contributed by atoms with E-state index in [0.717, 1.165) is 21.4 Å². The van der Waals surface area contributed by atoms with Crippen LogP contribution < -0.4 is 10.9 Å². The van der Waals surface area contributed by atoms with Gasteiger partial charge in [-0.25, -0.2) is 4.68 Å². The number of hydrogen-bond acceptors (Lipinski definition) is 3. The Bertz CT molecular complexity index is 937. The molecule has 1 aromatic heterocycles. The van der Waals surface area contributed by atoms with Crippen LogP contribution >= 0.6 is 15.9 Å². The summed E-state index contributed by atoms with van der Waals surface area (Å²) in [4.78, 5) is 24.0. The average Bonchev–Trinajstić information content (AvgIpc) is 2.65. The number of nitrogens with zero attached hydrogens (tertiary/aromatic N) is 2. The van der Waals surface area contributed by atoms with E-state index in [1.54, 1.807) is 6.07 Å². The molecule has 1 N–H and O–H groups in total. The number of halogens is 1. The molecule has 132 valence electrons. The first-order valence-corrected chi connectivity index (χ1v) is 9.10. The Morgan fingerprint density at radius 2 is 1.73 bits per heavy atom. The summed E-state index contributed by atoms with van der Waals surface area (Å²) in [6.45, 7) is 0.394. The molecule has 0 bridgehead atoms. The topological polar surface area (TPSA) is 64.0 Å². The Balaban J connectivity index is 1.61. The van der Waals surface area contributed by atoms with E-state index >= 15 is 0 Å². The largest absolute Gasteiger partial charge is 0.326 e. The van der Waals surface area contributed by atoms with Crippen molar-refractivity contribution in [2.75, 3.05) is 5.32 Å². The van der Waals surface area contributed by atoms with Crippen LogP contribution in [0.4, 0.5) is 5.69 Å². The standard InChI is InChI=1S/C20H18BrN3O2/c21-16-10-8-15(9-11-16)18-12-13-20(26)24(23-18)14-4-7-19(25)22-17-5-2-1-3-6-17/h1-3,5-6,8-13H,4,7,14H2,(H,22,25). The SMILES string of the molecule is O=C(CCCn1nc(-c2ccc(Br)cc2)ccc1=O)Nc1ccccc1. The summed E-state index contributed by atoms with van der Waals surface area (Å²) in [7, 11) is 0. The molecule has 0 radical (unpaired) electrons. The van der Waals surface area contributed by atoms with Gasteiger partial charge in [0.25, 0.3) is 5.56 Å². The molecule has 3 rings (SSSR count). The van der Waals surface area contributed by atoms with E-state index in [1.807, 2.05) is 54.6 Å². The molecule has 1 amide bonds. The van der Waals surface area contributed by atoms with E-state index in [-0.39, 0.29) is 11.5 Å². The monoisotopic (exact) mass is 411 g/mol. The molecule has 0 saturated heterocycles. The van der Waals surface area contributed by atoms with E-state index in [9.17, 15) is 9.59 Å². The summed E-state index contributed by atoms with van der Waals surface area (Å²) in [6.07, 6.45) is 0.862. The van der Waals surface area contributed by atoms with E-state index in [0.29, 0.717) is 19.4 Å². The van der Waals surface area contributed by atoms with Crippen molar-refractivity contribution in [3.05, 3.63) is 81.6 Å². The number of benzene rings is 2. The van der Waals surface area contributed by atoms with Gasteiger partial charge in [-0.1, -0.05) is 46.3 Å². The Morgan fingerprint density at radius 1 is 1.00 bits per heavy atom. The molecule has 0 spiro atoms. The molecular formula is C20H18BrN3O2. The van der Waals surface area contributed by atoms with E-state index in [4.69, 9.17) is 0 Å². The highest BCUT2D eigenvalue weighted by Gasteiger charge is 2.06. The van der Waals surface area contributed by atoms with Gasteiger partial charge >= 0.3 is 0 Å². The fourth-order valence-electron chi connectivity index (χ4n) is 2.52. The number of para-hydroxylation sites is 1. The lowest BCUT2D eigenvalue weighted by atomic mass is 10.1. The Kier molecular flexibility index (Phi) is 5.96. The van der Waals surface area contributed by atoms with Crippen LogP contribution in [0.3, 0.4) is 0 Å². The lowest BCUT2D eigenvalue weighted by Gasteiger charge is -2.08. The summed E-state index contributed by atoms with van der Waals surface area (Å²) < 4.78 is 2.40. The Morgan fingerprint density at radius 3 is 2.46 bits per heavy atom. The highest BCUT2D eigenvalue weighted by atomic mass is 79.9. The molecule has 0 unspecified atom stereocenters. The van der Waals surface area contributed by atoms with Crippen LogP contribution in [0.25, 0.3) is 11.3 Å². The summed E-state index contributed by atoms with van der Waals surface area (Å²) in [6, 6.07) is 20.3. The zero-order chi connectivity index (χ0) is 18.4. The van der Waals surface area contributed by atoms with Gasteiger partial charge in [-0.05, 0) is 36.8 Å². The lowest BCUT2D eigenvalue weighted by molar-refractivity contribution is -0.116. The molecule has 0 saturated carbocycles. The van der Waals surface area contributed by atoms with Crippen LogP contribution in [-0.2, 0) is 11.3 Å². The molecular weight excluding hydrogens is 394 g/mol. The van der Waals surface area contributed by atoms with Crippen molar-refractivity contribution in [2.24, 2.45) is 0 Å². The molecule has 1 heterocycles. The van der Waals surface area contributed by atoms with Gasteiger partial charge in [-0.15, -0.1) is 0 Å². The van der Waals surface area contributed by atoms with Gasteiger partial charge in [0.05, 0.1) is 5.69 Å². The van der Waals surface area contributed by atoms with Crippen molar-refractivity contribution in [1.29, 1.82) is 0 Å². The number of aromatic nitrogens is 2. The third kappa shape index (κ3) is 4.89. The second-order valence-electron chi connectivity index (χ2n) is 5.80. The third-order valence-corrected chi connectivity index (χ3v) is 4.37. The fraction of sp³-hybridized carbons (Fsp3) is 0.150. The average molecular weight is 412 g/mol. The molecule has 0 atom stereocenters. The predicted molar refractivity (Wildman–Crippen MR) is 106 cm³/mol. The molecule has 3 aromatic rings. The minimum Gasteiger partial charge on any atom is -0.326 e. The number of carbonyl (C=O) groups is 1. The van der Waals surface area contributed by atoms with Crippen molar-refractivity contribution in [3.63, 3.8) is 0 Å². The molecule has 0 aliphatic carbocycles. The second-order valence-corrected chi connectivity index (χ2v) is 6.72. The third-order valence-electron chi connectivity index (χ3n) is 3.84. The number of hydrogen-bond donors (Lipinski definition) is 1. The predicted octanol–water partition coefficient (Wildman–Crippen LogP) is 4.09. The highest BCUT2D eigenvalue weighted by Crippen LogP contribution is 2.18. The number of aryl methyl sites for hydroxylation is 1. The summed E-state index contributed by atoms with van der Waals surface area (Å²) in [5.74, 6) is -0.0756. The van der Waals surface area contributed by atoms with Crippen molar-refractivity contribution in [1.82, 2.24) is 9.78 Å². The number of nitrogens with one attached hydrogen (secondary N) is 1. The van der Waals surface area contributed by atoms with Crippen LogP contribution in [0.5, 0.6) is 0 Å². The number of rotatable bonds is 6. The summed E-state index contributed by atoms with van der Waals surface area (Å²) in [5, 5.41) is 7.24. The zero-order valence-corrected chi connectivity index (χ0v) is 15.6. The normalized spacial score (nSPS) is 10.5. The first kappa shape index (κ1) is 18.1. The van der Waals surface area contributed by atoms with Crippen LogP contribution in [0.1, 0.15) is 12.8 Å². The fourth-order valence-corrected chi connectivity index (χ4v) is 2.78. The van der Waals surface area contributed by atoms with E-state index in [1.165, 1.54) is 10.7 Å². The summed E-state index contributed by atoms with van der Waals surface area (Å²) in [5.41, 5.74) is 2.26. The number of carbonyl (C=O) groups excluding carboxylic acids is 1. The smallest absolute Gasteiger partial charge is 0.266 e. The van der Waals surface area contributed by atoms with Crippen molar-refractivity contribution in [3.8, 4) is 11.3 Å². The van der Waals surface area contributed by atoms with Gasteiger partial charge in [0.1, 0.15) is 0 Å². The van der Waals surface area contributed by atoms with Crippen molar-refractivity contribution < 1.29 is 4.79 Å². The number of anilines is 1. The second kappa shape index (κ2) is 8.58.